The Balaban J connectivity index is 1.55. The molecule has 2 heterocycles. The zero-order valence-electron chi connectivity index (χ0n) is 16.6. The Morgan fingerprint density at radius 1 is 0.778 bits per heavy atom. The van der Waals surface area contributed by atoms with Gasteiger partial charge in [0.1, 0.15) is 12.5 Å². The summed E-state index contributed by atoms with van der Waals surface area (Å²) in [5, 5.41) is 4.73. The summed E-state index contributed by atoms with van der Waals surface area (Å²) in [6, 6.07) is 0. The number of nitrogens with one attached hydrogen (secondary N) is 2. The molecule has 0 atom stereocenters. The fourth-order valence-electron chi connectivity index (χ4n) is 2.83. The normalized spacial score (nSPS) is 12.6. The van der Waals surface area contributed by atoms with Crippen LogP contribution in [0, 0.1) is 0 Å². The van der Waals surface area contributed by atoms with Crippen molar-refractivity contribution in [2.24, 2.45) is 0 Å². The van der Waals surface area contributed by atoms with Crippen molar-refractivity contribution in [2.45, 2.75) is 57.8 Å². The molecule has 0 fully saturated rings. The highest BCUT2D eigenvalue weighted by molar-refractivity contribution is 8.00. The van der Waals surface area contributed by atoms with E-state index in [1.807, 2.05) is 23.5 Å². The molecule has 2 aromatic rings. The van der Waals surface area contributed by atoms with Crippen molar-refractivity contribution >= 4 is 23.5 Å². The lowest BCUT2D eigenvalue weighted by Gasteiger charge is -2.21. The largest absolute Gasteiger partial charge is 0.387 e. The van der Waals surface area contributed by atoms with Gasteiger partial charge in [-0.2, -0.15) is 33.8 Å². The highest BCUT2D eigenvalue weighted by atomic mass is 32.2. The minimum Gasteiger partial charge on any atom is -0.387 e. The van der Waals surface area contributed by atoms with Crippen molar-refractivity contribution in [2.75, 3.05) is 23.0 Å². The van der Waals surface area contributed by atoms with Crippen LogP contribution in [0.3, 0.4) is 0 Å². The molecule has 0 bridgehead atoms. The molecule has 0 unspecified atom stereocenters. The van der Waals surface area contributed by atoms with Crippen molar-refractivity contribution in [3.63, 3.8) is 0 Å². The van der Waals surface area contributed by atoms with E-state index < -0.39 is 0 Å². The Bertz CT molecular complexity index is 734. The molecule has 27 heavy (non-hydrogen) atoms. The van der Waals surface area contributed by atoms with Crippen LogP contribution in [-0.2, 0) is 10.8 Å². The minimum absolute atomic E-state index is 0.123. The first-order chi connectivity index (χ1) is 12.7. The summed E-state index contributed by atoms with van der Waals surface area (Å²) >= 11 is 3.87. The van der Waals surface area contributed by atoms with Crippen LogP contribution < -0.4 is 11.1 Å². The first-order valence-electron chi connectivity index (χ1n) is 9.23. The van der Waals surface area contributed by atoms with Crippen LogP contribution in [-0.4, -0.2) is 33.3 Å². The zero-order valence-corrected chi connectivity index (χ0v) is 18.2. The van der Waals surface area contributed by atoms with Gasteiger partial charge in [0.05, 0.1) is 11.1 Å². The van der Waals surface area contributed by atoms with Gasteiger partial charge in [-0.15, -0.1) is 0 Å². The summed E-state index contributed by atoms with van der Waals surface area (Å²) in [6.07, 6.45) is 6.11. The molecule has 2 N–H and O–H groups in total. The monoisotopic (exact) mass is 414 g/mol. The second kappa shape index (κ2) is 9.78. The quantitative estimate of drug-likeness (QED) is 0.507. The highest BCUT2D eigenvalue weighted by Gasteiger charge is 2.26. The van der Waals surface area contributed by atoms with Crippen LogP contribution in [0.2, 0.25) is 0 Å². The SMILES string of the molecule is CC(C)(CCSCCCSCCC(C)(C)c1co[nH]c1=O)c1co[nH]c1=O. The van der Waals surface area contributed by atoms with E-state index in [9.17, 15) is 9.59 Å². The minimum atomic E-state index is -0.168. The Morgan fingerprint density at radius 3 is 1.52 bits per heavy atom. The molecule has 0 saturated heterocycles. The van der Waals surface area contributed by atoms with E-state index in [1.165, 1.54) is 12.5 Å². The number of H-pyrrole nitrogens is 2. The molecular formula is C19H30N2O4S2. The van der Waals surface area contributed by atoms with Gasteiger partial charge in [-0.05, 0) is 53.1 Å². The zero-order chi connectivity index (χ0) is 19.9. The van der Waals surface area contributed by atoms with Crippen LogP contribution in [0.15, 0.2) is 31.2 Å². The average molecular weight is 415 g/mol. The maximum atomic E-state index is 11.7. The maximum Gasteiger partial charge on any atom is 0.283 e. The second-order valence-corrected chi connectivity index (χ2v) is 10.5. The smallest absolute Gasteiger partial charge is 0.283 e. The molecule has 0 amide bonds. The van der Waals surface area contributed by atoms with E-state index in [4.69, 9.17) is 9.05 Å². The van der Waals surface area contributed by atoms with Gasteiger partial charge >= 0.3 is 0 Å². The van der Waals surface area contributed by atoms with Gasteiger partial charge in [-0.25, -0.2) is 0 Å². The van der Waals surface area contributed by atoms with E-state index in [2.05, 4.69) is 38.0 Å². The summed E-state index contributed by atoms with van der Waals surface area (Å²) in [7, 11) is 0. The molecule has 152 valence electrons. The standard InChI is InChI=1S/C19H30N2O4S2/c1-18(2,14-12-24-20-16(14)22)6-10-26-8-5-9-27-11-7-19(3,4)15-13-25-21-17(15)23/h12-13H,5-11H2,1-4H3,(H,20,22)(H,21,23). The van der Waals surface area contributed by atoms with Gasteiger partial charge < -0.3 is 9.05 Å². The molecule has 8 heteroatoms. The van der Waals surface area contributed by atoms with Crippen LogP contribution in [0.5, 0.6) is 0 Å². The molecular weight excluding hydrogens is 384 g/mol. The number of aromatic amines is 2. The van der Waals surface area contributed by atoms with Crippen molar-refractivity contribution in [3.05, 3.63) is 44.4 Å². The Kier molecular flexibility index (Phi) is 7.97. The molecule has 6 nitrogen and oxygen atoms in total. The molecule has 0 spiro atoms. The van der Waals surface area contributed by atoms with Gasteiger partial charge in [-0.1, -0.05) is 27.7 Å². The lowest BCUT2D eigenvalue weighted by molar-refractivity contribution is 0.410. The van der Waals surface area contributed by atoms with Crippen LogP contribution >= 0.6 is 23.5 Å². The third-order valence-corrected chi connectivity index (χ3v) is 7.06. The van der Waals surface area contributed by atoms with E-state index >= 15 is 0 Å². The Morgan fingerprint density at radius 2 is 1.19 bits per heavy atom. The Labute approximate surface area is 168 Å². The van der Waals surface area contributed by atoms with E-state index in [-0.39, 0.29) is 21.9 Å². The number of aromatic nitrogens is 2. The van der Waals surface area contributed by atoms with Crippen LogP contribution in [0.4, 0.5) is 0 Å². The van der Waals surface area contributed by atoms with E-state index in [0.29, 0.717) is 0 Å². The second-order valence-electron chi connectivity index (χ2n) is 8.01. The molecule has 0 aromatic carbocycles. The Hall–Kier alpha value is -1.28. The van der Waals surface area contributed by atoms with E-state index in [0.717, 1.165) is 53.4 Å². The molecule has 0 radical (unpaired) electrons. The third kappa shape index (κ3) is 6.38. The predicted molar refractivity (Wildman–Crippen MR) is 113 cm³/mol. The first kappa shape index (κ1) is 22.0. The van der Waals surface area contributed by atoms with Gasteiger partial charge in [0.15, 0.2) is 0 Å². The average Bonchev–Trinajstić information content (AvgIpc) is 3.22. The molecule has 2 aromatic heterocycles. The van der Waals surface area contributed by atoms with Crippen molar-refractivity contribution < 1.29 is 9.05 Å². The lowest BCUT2D eigenvalue weighted by atomic mass is 9.84. The summed E-state index contributed by atoms with van der Waals surface area (Å²) < 4.78 is 9.79. The summed E-state index contributed by atoms with van der Waals surface area (Å²) in [5.41, 5.74) is 0.858. The number of thioether (sulfide) groups is 2. The number of rotatable bonds is 12. The third-order valence-electron chi connectivity index (χ3n) is 4.92. The van der Waals surface area contributed by atoms with Crippen molar-refractivity contribution in [1.82, 2.24) is 10.3 Å². The topological polar surface area (TPSA) is 92.0 Å². The van der Waals surface area contributed by atoms with E-state index in [1.54, 1.807) is 0 Å². The van der Waals surface area contributed by atoms with Crippen molar-refractivity contribution in [1.29, 1.82) is 0 Å². The predicted octanol–water partition coefficient (Wildman–Crippen LogP) is 4.14. The summed E-state index contributed by atoms with van der Waals surface area (Å²) in [6.45, 7) is 8.32. The molecule has 0 aliphatic carbocycles. The summed E-state index contributed by atoms with van der Waals surface area (Å²) in [5.74, 6) is 4.29. The first-order valence-corrected chi connectivity index (χ1v) is 11.5. The maximum absolute atomic E-state index is 11.7. The fourth-order valence-corrected chi connectivity index (χ4v) is 5.42. The van der Waals surface area contributed by atoms with Crippen molar-refractivity contribution in [3.8, 4) is 0 Å². The van der Waals surface area contributed by atoms with Gasteiger partial charge in [0.2, 0.25) is 0 Å². The lowest BCUT2D eigenvalue weighted by Crippen LogP contribution is -2.25. The number of hydrogen-bond acceptors (Lipinski definition) is 6. The fraction of sp³-hybridized carbons (Fsp3) is 0.684. The van der Waals surface area contributed by atoms with Crippen LogP contribution in [0.25, 0.3) is 0 Å². The van der Waals surface area contributed by atoms with Gasteiger partial charge in [0.25, 0.3) is 11.1 Å². The highest BCUT2D eigenvalue weighted by Crippen LogP contribution is 2.27. The summed E-state index contributed by atoms with van der Waals surface area (Å²) in [4.78, 5) is 23.4. The van der Waals surface area contributed by atoms with Gasteiger partial charge in [0, 0.05) is 0 Å². The number of hydrogen-bond donors (Lipinski definition) is 2. The molecule has 2 rings (SSSR count). The van der Waals surface area contributed by atoms with Crippen LogP contribution in [0.1, 0.15) is 58.1 Å². The molecule has 0 saturated carbocycles. The molecule has 0 aliphatic rings. The molecule has 0 aliphatic heterocycles. The van der Waals surface area contributed by atoms with Gasteiger partial charge in [-0.3, -0.25) is 9.59 Å².